The lowest BCUT2D eigenvalue weighted by atomic mass is 10.1. The number of benzene rings is 2. The monoisotopic (exact) mass is 459 g/mol. The molecule has 1 N–H and O–H groups in total. The van der Waals surface area contributed by atoms with Gasteiger partial charge in [-0.1, -0.05) is 18.2 Å². The molecule has 2 aromatic rings. The van der Waals surface area contributed by atoms with E-state index in [0.717, 1.165) is 11.0 Å². The number of aromatic hydroxyl groups is 1. The first kappa shape index (κ1) is 19.6. The minimum absolute atomic E-state index is 0.0504. The van der Waals surface area contributed by atoms with Crippen LogP contribution >= 0.6 is 27.7 Å². The Bertz CT molecular complexity index is 1090. The molecule has 0 aromatic heterocycles. The highest BCUT2D eigenvalue weighted by atomic mass is 79.9. The van der Waals surface area contributed by atoms with Crippen molar-refractivity contribution < 1.29 is 19.6 Å². The van der Waals surface area contributed by atoms with Crippen LogP contribution in [0.1, 0.15) is 16.7 Å². The Labute approximate surface area is 171 Å². The summed E-state index contributed by atoms with van der Waals surface area (Å²) in [5.74, 6) is -1.09. The smallest absolute Gasteiger partial charge is 0.312 e. The van der Waals surface area contributed by atoms with Gasteiger partial charge in [0.1, 0.15) is 0 Å². The quantitative estimate of drug-likeness (QED) is 0.413. The van der Waals surface area contributed by atoms with Crippen LogP contribution in [-0.4, -0.2) is 26.1 Å². The van der Waals surface area contributed by atoms with Gasteiger partial charge >= 0.3 is 5.69 Å². The number of phenols is 1. The highest BCUT2D eigenvalue weighted by Crippen LogP contribution is 2.38. The molecule has 2 aromatic carbocycles. The molecule has 10 heteroatoms. The lowest BCUT2D eigenvalue weighted by molar-refractivity contribution is -0.386. The Balaban J connectivity index is 1.92. The van der Waals surface area contributed by atoms with E-state index in [1.807, 2.05) is 6.07 Å². The van der Waals surface area contributed by atoms with Crippen LogP contribution in [0.4, 0.5) is 10.5 Å². The average Bonchev–Trinajstić information content (AvgIpc) is 2.92. The largest absolute Gasteiger partial charge is 0.501 e. The molecule has 3 rings (SSSR count). The fourth-order valence-electron chi connectivity index (χ4n) is 2.55. The van der Waals surface area contributed by atoms with E-state index >= 15 is 0 Å². The second-order valence-electron chi connectivity index (χ2n) is 5.66. The summed E-state index contributed by atoms with van der Waals surface area (Å²) in [6, 6.07) is 11.2. The summed E-state index contributed by atoms with van der Waals surface area (Å²) in [5, 5.41) is 29.4. The van der Waals surface area contributed by atoms with Crippen molar-refractivity contribution in [3.63, 3.8) is 0 Å². The van der Waals surface area contributed by atoms with Crippen LogP contribution < -0.4 is 0 Å². The molecule has 0 spiro atoms. The lowest BCUT2D eigenvalue weighted by Crippen LogP contribution is -2.27. The van der Waals surface area contributed by atoms with Gasteiger partial charge in [-0.25, -0.2) is 0 Å². The number of hydrogen-bond acceptors (Lipinski definition) is 7. The summed E-state index contributed by atoms with van der Waals surface area (Å²) >= 11 is 3.73. The van der Waals surface area contributed by atoms with E-state index in [2.05, 4.69) is 15.9 Å². The number of rotatable bonds is 4. The maximum atomic E-state index is 12.6. The molecular formula is C18H10BrN3O5S. The molecule has 1 heterocycles. The predicted molar refractivity (Wildman–Crippen MR) is 105 cm³/mol. The fourth-order valence-corrected chi connectivity index (χ4v) is 3.86. The van der Waals surface area contributed by atoms with Gasteiger partial charge in [0.15, 0.2) is 0 Å². The van der Waals surface area contributed by atoms with Gasteiger partial charge in [0.25, 0.3) is 11.1 Å². The highest BCUT2D eigenvalue weighted by molar-refractivity contribution is 9.10. The minimum Gasteiger partial charge on any atom is -0.501 e. The molecule has 2 amide bonds. The molecule has 28 heavy (non-hydrogen) atoms. The van der Waals surface area contributed by atoms with Crippen molar-refractivity contribution in [2.24, 2.45) is 0 Å². The van der Waals surface area contributed by atoms with Gasteiger partial charge in [-0.15, -0.1) is 0 Å². The number of imide groups is 1. The number of carbonyl (C=O) groups is 2. The molecule has 8 nitrogen and oxygen atoms in total. The van der Waals surface area contributed by atoms with Crippen molar-refractivity contribution >= 4 is 50.6 Å². The van der Waals surface area contributed by atoms with Gasteiger partial charge in [0, 0.05) is 6.07 Å². The first-order chi connectivity index (χ1) is 13.3. The molecular weight excluding hydrogens is 450 g/mol. The van der Waals surface area contributed by atoms with Crippen molar-refractivity contribution in [1.29, 1.82) is 5.26 Å². The molecule has 1 fully saturated rings. The van der Waals surface area contributed by atoms with E-state index in [0.29, 0.717) is 22.9 Å². The second-order valence-corrected chi connectivity index (χ2v) is 7.51. The summed E-state index contributed by atoms with van der Waals surface area (Å²) in [7, 11) is 0. The fraction of sp³-hybridized carbons (Fsp3) is 0.0556. The Morgan fingerprint density at radius 1 is 1.32 bits per heavy atom. The number of hydrogen-bond donors (Lipinski definition) is 1. The topological polar surface area (TPSA) is 125 Å². The average molecular weight is 460 g/mol. The van der Waals surface area contributed by atoms with Crippen LogP contribution in [0.25, 0.3) is 6.08 Å². The summed E-state index contributed by atoms with van der Waals surface area (Å²) < 4.78 is 0.0927. The summed E-state index contributed by atoms with van der Waals surface area (Å²) in [4.78, 5) is 36.3. The van der Waals surface area contributed by atoms with Gasteiger partial charge in [-0.3, -0.25) is 24.6 Å². The third kappa shape index (κ3) is 3.76. The predicted octanol–water partition coefficient (Wildman–Crippen LogP) is 4.17. The zero-order valence-electron chi connectivity index (χ0n) is 14.0. The summed E-state index contributed by atoms with van der Waals surface area (Å²) in [5.41, 5.74) is 0.655. The van der Waals surface area contributed by atoms with E-state index in [4.69, 9.17) is 5.26 Å². The Morgan fingerprint density at radius 3 is 2.71 bits per heavy atom. The molecule has 1 aliphatic rings. The van der Waals surface area contributed by atoms with Gasteiger partial charge < -0.3 is 5.11 Å². The number of nitro benzene ring substituents is 1. The van der Waals surface area contributed by atoms with E-state index in [9.17, 15) is 24.8 Å². The minimum atomic E-state index is -0.748. The number of amides is 2. The normalized spacial score (nSPS) is 15.1. The van der Waals surface area contributed by atoms with Crippen molar-refractivity contribution in [2.75, 3.05) is 0 Å². The van der Waals surface area contributed by atoms with E-state index < -0.39 is 27.5 Å². The first-order valence-corrected chi connectivity index (χ1v) is 9.33. The number of nitro groups is 1. The third-order valence-corrected chi connectivity index (χ3v) is 5.41. The number of thioether (sulfide) groups is 1. The summed E-state index contributed by atoms with van der Waals surface area (Å²) in [6.45, 7) is -0.0504. The molecule has 1 aliphatic heterocycles. The van der Waals surface area contributed by atoms with E-state index in [1.165, 1.54) is 12.1 Å². The number of halogens is 1. The molecule has 1 saturated heterocycles. The second kappa shape index (κ2) is 7.84. The number of phenolic OH excluding ortho intramolecular Hbond substituents is 1. The molecule has 0 radical (unpaired) electrons. The van der Waals surface area contributed by atoms with Crippen LogP contribution in [0.5, 0.6) is 5.75 Å². The highest BCUT2D eigenvalue weighted by Gasteiger charge is 2.35. The van der Waals surface area contributed by atoms with E-state index in [1.54, 1.807) is 24.3 Å². The molecule has 0 saturated carbocycles. The Kier molecular flexibility index (Phi) is 5.48. The molecule has 140 valence electrons. The third-order valence-electron chi connectivity index (χ3n) is 3.90. The van der Waals surface area contributed by atoms with Crippen molar-refractivity contribution in [2.45, 2.75) is 6.54 Å². The zero-order chi connectivity index (χ0) is 20.4. The van der Waals surface area contributed by atoms with Gasteiger partial charge in [0.2, 0.25) is 5.75 Å². The number of carbonyl (C=O) groups excluding carboxylic acids is 2. The van der Waals surface area contributed by atoms with Crippen LogP contribution in [0, 0.1) is 21.4 Å². The van der Waals surface area contributed by atoms with Crippen LogP contribution in [0.3, 0.4) is 0 Å². The van der Waals surface area contributed by atoms with E-state index in [-0.39, 0.29) is 21.5 Å². The number of nitriles is 1. The summed E-state index contributed by atoms with van der Waals surface area (Å²) in [6.07, 6.45) is 1.35. The Morgan fingerprint density at radius 2 is 2.04 bits per heavy atom. The standard InChI is InChI=1S/C18H10BrN3O5S/c19-13-5-10(6-14(16(13)23)22(26)27)7-15-17(24)21(18(25)28-15)9-12-4-2-1-3-11(12)8-20/h1-7,23H,9H2/b15-7+. The van der Waals surface area contributed by atoms with Crippen LogP contribution in [0.15, 0.2) is 45.8 Å². The van der Waals surface area contributed by atoms with Crippen LogP contribution in [-0.2, 0) is 11.3 Å². The van der Waals surface area contributed by atoms with Crippen molar-refractivity contribution in [1.82, 2.24) is 4.90 Å². The van der Waals surface area contributed by atoms with Crippen LogP contribution in [0.2, 0.25) is 0 Å². The van der Waals surface area contributed by atoms with Gasteiger partial charge in [-0.05, 0) is 57.0 Å². The first-order valence-electron chi connectivity index (χ1n) is 7.72. The SMILES string of the molecule is N#Cc1ccccc1CN1C(=O)S/C(=C/c2cc(Br)c(O)c([N+](=O)[O-])c2)C1=O. The maximum absolute atomic E-state index is 12.6. The lowest BCUT2D eigenvalue weighted by Gasteiger charge is -2.13. The molecule has 0 bridgehead atoms. The van der Waals surface area contributed by atoms with Gasteiger partial charge in [0.05, 0.1) is 32.5 Å². The Hall–Kier alpha value is -3.16. The maximum Gasteiger partial charge on any atom is 0.312 e. The molecule has 0 atom stereocenters. The van der Waals surface area contributed by atoms with Gasteiger partial charge in [-0.2, -0.15) is 5.26 Å². The zero-order valence-corrected chi connectivity index (χ0v) is 16.4. The van der Waals surface area contributed by atoms with Crippen molar-refractivity contribution in [3.8, 4) is 11.8 Å². The number of nitrogens with zero attached hydrogens (tertiary/aromatic N) is 3. The van der Waals surface area contributed by atoms with Crippen molar-refractivity contribution in [3.05, 3.63) is 72.6 Å². The molecule has 0 unspecified atom stereocenters. The molecule has 0 aliphatic carbocycles.